The Balaban J connectivity index is 0.00000625. The first-order chi connectivity index (χ1) is 11.6. The van der Waals surface area contributed by atoms with Crippen LogP contribution < -0.4 is 5.32 Å². The van der Waals surface area contributed by atoms with Gasteiger partial charge in [-0.05, 0) is 24.6 Å². The molecule has 0 bridgehead atoms. The van der Waals surface area contributed by atoms with Gasteiger partial charge >= 0.3 is 0 Å². The highest BCUT2D eigenvalue weighted by Crippen LogP contribution is 2.14. The summed E-state index contributed by atoms with van der Waals surface area (Å²) >= 11 is 0. The topological polar surface area (TPSA) is 47.9 Å². The van der Waals surface area contributed by atoms with Crippen LogP contribution in [0.1, 0.15) is 12.5 Å². The molecule has 0 fully saturated rings. The van der Waals surface area contributed by atoms with E-state index in [2.05, 4.69) is 16.9 Å². The SMILES string of the molecule is C=C(C)CNC(=NCC(=O)N(C)C)N(C)Cc1cc(F)c(F)c(F)c1.I. The molecule has 0 saturated carbocycles. The second-order valence-corrected chi connectivity index (χ2v) is 5.97. The average molecular weight is 484 g/mol. The summed E-state index contributed by atoms with van der Waals surface area (Å²) in [6, 6.07) is 1.85. The van der Waals surface area contributed by atoms with Gasteiger partial charge in [-0.2, -0.15) is 0 Å². The van der Waals surface area contributed by atoms with Crippen LogP contribution in [0.25, 0.3) is 0 Å². The second kappa shape index (κ2) is 11.0. The summed E-state index contributed by atoms with van der Waals surface area (Å²) in [5.74, 6) is -3.83. The van der Waals surface area contributed by atoms with Crippen LogP contribution in [0.15, 0.2) is 29.3 Å². The fraction of sp³-hybridized carbons (Fsp3) is 0.412. The number of amides is 1. The zero-order valence-electron chi connectivity index (χ0n) is 15.3. The number of carbonyl (C=O) groups is 1. The van der Waals surface area contributed by atoms with E-state index in [9.17, 15) is 18.0 Å². The van der Waals surface area contributed by atoms with E-state index < -0.39 is 17.5 Å². The fourth-order valence-corrected chi connectivity index (χ4v) is 1.87. The number of guanidine groups is 1. The molecule has 0 spiro atoms. The summed E-state index contributed by atoms with van der Waals surface area (Å²) < 4.78 is 39.7. The Kier molecular flexibility index (Phi) is 10.3. The molecule has 0 aliphatic heterocycles. The minimum atomic E-state index is -1.50. The van der Waals surface area contributed by atoms with Crippen LogP contribution in [0.4, 0.5) is 13.2 Å². The maximum absolute atomic E-state index is 13.3. The zero-order valence-corrected chi connectivity index (χ0v) is 17.6. The molecule has 0 aromatic heterocycles. The molecule has 146 valence electrons. The van der Waals surface area contributed by atoms with E-state index in [-0.39, 0.29) is 48.5 Å². The number of benzene rings is 1. The summed E-state index contributed by atoms with van der Waals surface area (Å²) in [7, 11) is 4.88. The van der Waals surface area contributed by atoms with Gasteiger partial charge in [0.05, 0.1) is 0 Å². The van der Waals surface area contributed by atoms with Gasteiger partial charge in [-0.1, -0.05) is 12.2 Å². The number of aliphatic imine (C=N–C) groups is 1. The second-order valence-electron chi connectivity index (χ2n) is 5.97. The molecule has 0 atom stereocenters. The first kappa shape index (κ1) is 24.2. The van der Waals surface area contributed by atoms with Crippen LogP contribution in [0.5, 0.6) is 0 Å². The number of hydrogen-bond acceptors (Lipinski definition) is 2. The number of nitrogens with zero attached hydrogens (tertiary/aromatic N) is 3. The Morgan fingerprint density at radius 1 is 1.19 bits per heavy atom. The highest BCUT2D eigenvalue weighted by Gasteiger charge is 2.14. The molecule has 1 amide bonds. The van der Waals surface area contributed by atoms with Crippen LogP contribution in [0.3, 0.4) is 0 Å². The van der Waals surface area contributed by atoms with E-state index in [1.807, 2.05) is 6.92 Å². The van der Waals surface area contributed by atoms with Gasteiger partial charge in [-0.15, -0.1) is 24.0 Å². The fourth-order valence-electron chi connectivity index (χ4n) is 1.87. The van der Waals surface area contributed by atoms with Crippen LogP contribution >= 0.6 is 24.0 Å². The van der Waals surface area contributed by atoms with Gasteiger partial charge in [0, 0.05) is 34.2 Å². The maximum atomic E-state index is 13.3. The lowest BCUT2D eigenvalue weighted by Crippen LogP contribution is -2.40. The average Bonchev–Trinajstić information content (AvgIpc) is 2.51. The monoisotopic (exact) mass is 484 g/mol. The third kappa shape index (κ3) is 7.63. The standard InChI is InChI=1S/C17H23F3N4O.HI/c1-11(2)8-21-17(22-9-15(25)23(3)4)24(5)10-12-6-13(18)16(20)14(19)7-12;/h6-7H,1,8-10H2,2-5H3,(H,21,22);1H. The molecular formula is C17H24F3IN4O. The van der Waals surface area contributed by atoms with Crippen LogP contribution in [0, 0.1) is 17.5 Å². The van der Waals surface area contributed by atoms with E-state index in [0.717, 1.165) is 17.7 Å². The minimum absolute atomic E-state index is 0. The molecule has 0 aliphatic rings. The van der Waals surface area contributed by atoms with Gasteiger partial charge in [0.15, 0.2) is 23.4 Å². The smallest absolute Gasteiger partial charge is 0.243 e. The Bertz CT molecular complexity index is 657. The Morgan fingerprint density at radius 2 is 1.73 bits per heavy atom. The van der Waals surface area contributed by atoms with Crippen molar-refractivity contribution in [2.45, 2.75) is 13.5 Å². The van der Waals surface area contributed by atoms with Crippen molar-refractivity contribution >= 4 is 35.8 Å². The Morgan fingerprint density at radius 3 is 2.19 bits per heavy atom. The molecule has 1 N–H and O–H groups in total. The molecule has 1 aromatic rings. The van der Waals surface area contributed by atoms with Crippen molar-refractivity contribution in [1.82, 2.24) is 15.1 Å². The molecule has 0 radical (unpaired) electrons. The molecule has 0 aliphatic carbocycles. The first-order valence-electron chi connectivity index (χ1n) is 7.59. The van der Waals surface area contributed by atoms with E-state index in [4.69, 9.17) is 0 Å². The molecule has 0 unspecified atom stereocenters. The van der Waals surface area contributed by atoms with Crippen LogP contribution in [-0.4, -0.2) is 55.9 Å². The van der Waals surface area contributed by atoms with Crippen molar-refractivity contribution in [3.05, 3.63) is 47.3 Å². The number of nitrogens with one attached hydrogen (secondary N) is 1. The quantitative estimate of drug-likeness (QED) is 0.222. The third-order valence-corrected chi connectivity index (χ3v) is 3.24. The first-order valence-corrected chi connectivity index (χ1v) is 7.59. The third-order valence-electron chi connectivity index (χ3n) is 3.24. The largest absolute Gasteiger partial charge is 0.353 e. The normalized spacial score (nSPS) is 10.8. The zero-order chi connectivity index (χ0) is 19.1. The van der Waals surface area contributed by atoms with E-state index in [1.54, 1.807) is 26.0 Å². The lowest BCUT2D eigenvalue weighted by Gasteiger charge is -2.23. The van der Waals surface area contributed by atoms with E-state index in [0.29, 0.717) is 12.5 Å². The van der Waals surface area contributed by atoms with Gasteiger partial charge < -0.3 is 15.1 Å². The van der Waals surface area contributed by atoms with Crippen molar-refractivity contribution in [1.29, 1.82) is 0 Å². The maximum Gasteiger partial charge on any atom is 0.243 e. The predicted molar refractivity (Wildman–Crippen MR) is 107 cm³/mol. The molecule has 26 heavy (non-hydrogen) atoms. The highest BCUT2D eigenvalue weighted by molar-refractivity contribution is 14.0. The number of halogens is 4. The molecular weight excluding hydrogens is 460 g/mol. The molecule has 0 heterocycles. The van der Waals surface area contributed by atoms with Crippen molar-refractivity contribution in [2.75, 3.05) is 34.2 Å². The van der Waals surface area contributed by atoms with E-state index >= 15 is 0 Å². The van der Waals surface area contributed by atoms with Crippen molar-refractivity contribution in [3.63, 3.8) is 0 Å². The summed E-state index contributed by atoms with van der Waals surface area (Å²) in [5.41, 5.74) is 1.08. The van der Waals surface area contributed by atoms with E-state index in [1.165, 1.54) is 4.90 Å². The highest BCUT2D eigenvalue weighted by atomic mass is 127. The number of carbonyl (C=O) groups excluding carboxylic acids is 1. The van der Waals surface area contributed by atoms with Crippen LogP contribution in [0.2, 0.25) is 0 Å². The molecule has 0 saturated heterocycles. The summed E-state index contributed by atoms with van der Waals surface area (Å²) in [5, 5.41) is 3.02. The molecule has 1 aromatic carbocycles. The summed E-state index contributed by atoms with van der Waals surface area (Å²) in [4.78, 5) is 18.9. The number of hydrogen-bond donors (Lipinski definition) is 1. The van der Waals surface area contributed by atoms with Gasteiger partial charge in [0.1, 0.15) is 6.54 Å². The molecule has 1 rings (SSSR count). The Labute approximate surface area is 169 Å². The summed E-state index contributed by atoms with van der Waals surface area (Å²) in [6.07, 6.45) is 0. The van der Waals surface area contributed by atoms with Crippen molar-refractivity contribution in [2.24, 2.45) is 4.99 Å². The predicted octanol–water partition coefficient (Wildman–Crippen LogP) is 2.76. The van der Waals surface area contributed by atoms with Gasteiger partial charge in [-0.25, -0.2) is 18.2 Å². The molecule has 5 nitrogen and oxygen atoms in total. The lowest BCUT2D eigenvalue weighted by atomic mass is 10.2. The molecule has 9 heteroatoms. The van der Waals surface area contributed by atoms with Gasteiger partial charge in [-0.3, -0.25) is 4.79 Å². The Hall–Kier alpha value is -1.78. The van der Waals surface area contributed by atoms with Crippen LogP contribution in [-0.2, 0) is 11.3 Å². The number of rotatable bonds is 6. The van der Waals surface area contributed by atoms with Gasteiger partial charge in [0.2, 0.25) is 5.91 Å². The lowest BCUT2D eigenvalue weighted by molar-refractivity contribution is -0.127. The van der Waals surface area contributed by atoms with Gasteiger partial charge in [0.25, 0.3) is 0 Å². The van der Waals surface area contributed by atoms with Crippen molar-refractivity contribution in [3.8, 4) is 0 Å². The minimum Gasteiger partial charge on any atom is -0.353 e. The summed E-state index contributed by atoms with van der Waals surface area (Å²) in [6.45, 7) is 6.01. The number of likely N-dealkylation sites (N-methyl/N-ethyl adjacent to an activating group) is 1. The van der Waals surface area contributed by atoms with Crippen molar-refractivity contribution < 1.29 is 18.0 Å².